The molecule has 0 aromatic heterocycles. The zero-order valence-corrected chi connectivity index (χ0v) is 11.5. The van der Waals surface area contributed by atoms with Gasteiger partial charge in [-0.15, -0.1) is 0 Å². The fourth-order valence-electron chi connectivity index (χ4n) is 3.46. The minimum Gasteiger partial charge on any atom is -0.0648 e. The zero-order valence-electron chi connectivity index (χ0n) is 11.5. The van der Waals surface area contributed by atoms with Gasteiger partial charge in [0.05, 0.1) is 0 Å². The molecule has 0 radical (unpaired) electrons. The first-order valence-electron chi connectivity index (χ1n) is 7.02. The third-order valence-electron chi connectivity index (χ3n) is 5.08. The molecule has 0 nitrogen and oxygen atoms in total. The van der Waals surface area contributed by atoms with Crippen molar-refractivity contribution >= 4 is 0 Å². The number of hydrogen-bond donors (Lipinski definition) is 0. The Labute approximate surface area is 96.8 Å². The molecule has 0 aromatic rings. The lowest BCUT2D eigenvalue weighted by molar-refractivity contribution is 0.0426. The summed E-state index contributed by atoms with van der Waals surface area (Å²) in [6.07, 6.45) is 8.70. The van der Waals surface area contributed by atoms with Crippen LogP contribution in [-0.2, 0) is 0 Å². The third-order valence-corrected chi connectivity index (χ3v) is 5.08. The minimum absolute atomic E-state index is 0.682. The summed E-state index contributed by atoms with van der Waals surface area (Å²) in [6, 6.07) is 0. The van der Waals surface area contributed by atoms with Gasteiger partial charge in [0.1, 0.15) is 0 Å². The lowest BCUT2D eigenvalue weighted by Gasteiger charge is -2.46. The lowest BCUT2D eigenvalue weighted by Crippen LogP contribution is -2.36. The Morgan fingerprint density at radius 1 is 1.27 bits per heavy atom. The molecule has 0 aliphatic heterocycles. The van der Waals surface area contributed by atoms with E-state index >= 15 is 0 Å². The van der Waals surface area contributed by atoms with Crippen LogP contribution in [0.15, 0.2) is 0 Å². The van der Waals surface area contributed by atoms with E-state index in [1.807, 2.05) is 0 Å². The molecule has 3 unspecified atom stereocenters. The maximum absolute atomic E-state index is 2.51. The van der Waals surface area contributed by atoms with Crippen LogP contribution in [-0.4, -0.2) is 0 Å². The Morgan fingerprint density at radius 3 is 2.47 bits per heavy atom. The predicted molar refractivity (Wildman–Crippen MR) is 69.0 cm³/mol. The average molecular weight is 210 g/mol. The Bertz CT molecular complexity index is 182. The fourth-order valence-corrected chi connectivity index (χ4v) is 3.46. The maximum Gasteiger partial charge on any atom is -0.0272 e. The van der Waals surface area contributed by atoms with E-state index in [0.29, 0.717) is 5.41 Å². The second kappa shape index (κ2) is 5.37. The van der Waals surface area contributed by atoms with Gasteiger partial charge in [0.2, 0.25) is 0 Å². The SMILES string of the molecule is CCC1(CCC(C)C)CCCC(C)C1C. The highest BCUT2D eigenvalue weighted by molar-refractivity contribution is 4.89. The Morgan fingerprint density at radius 2 is 1.93 bits per heavy atom. The normalized spacial score (nSPS) is 37.2. The summed E-state index contributed by atoms with van der Waals surface area (Å²) in [5.41, 5.74) is 0.682. The second-order valence-electron chi connectivity index (χ2n) is 6.31. The molecule has 15 heavy (non-hydrogen) atoms. The van der Waals surface area contributed by atoms with Crippen molar-refractivity contribution in [1.29, 1.82) is 0 Å². The van der Waals surface area contributed by atoms with Gasteiger partial charge in [0.15, 0.2) is 0 Å². The molecule has 3 atom stereocenters. The first-order chi connectivity index (χ1) is 7.02. The van der Waals surface area contributed by atoms with E-state index in [1.165, 1.54) is 38.5 Å². The fraction of sp³-hybridized carbons (Fsp3) is 1.00. The molecular formula is C15H30. The van der Waals surface area contributed by atoms with Gasteiger partial charge in [-0.05, 0) is 36.0 Å². The predicted octanol–water partition coefficient (Wildman–Crippen LogP) is 5.28. The van der Waals surface area contributed by atoms with Crippen molar-refractivity contribution in [2.45, 2.75) is 73.1 Å². The first-order valence-corrected chi connectivity index (χ1v) is 7.02. The van der Waals surface area contributed by atoms with Crippen molar-refractivity contribution in [3.05, 3.63) is 0 Å². The van der Waals surface area contributed by atoms with Crippen molar-refractivity contribution in [2.75, 3.05) is 0 Å². The van der Waals surface area contributed by atoms with Crippen LogP contribution < -0.4 is 0 Å². The van der Waals surface area contributed by atoms with Gasteiger partial charge < -0.3 is 0 Å². The van der Waals surface area contributed by atoms with E-state index in [1.54, 1.807) is 0 Å². The van der Waals surface area contributed by atoms with Crippen LogP contribution in [0.4, 0.5) is 0 Å². The van der Waals surface area contributed by atoms with Crippen molar-refractivity contribution in [3.63, 3.8) is 0 Å². The van der Waals surface area contributed by atoms with Crippen LogP contribution in [0.2, 0.25) is 0 Å². The topological polar surface area (TPSA) is 0 Å². The summed E-state index contributed by atoms with van der Waals surface area (Å²) in [5, 5.41) is 0. The average Bonchev–Trinajstić information content (AvgIpc) is 2.21. The molecule has 1 aliphatic carbocycles. The van der Waals surface area contributed by atoms with Crippen molar-refractivity contribution in [2.24, 2.45) is 23.2 Å². The first kappa shape index (κ1) is 13.1. The highest BCUT2D eigenvalue weighted by atomic mass is 14.4. The largest absolute Gasteiger partial charge is 0.0648 e. The van der Waals surface area contributed by atoms with E-state index in [9.17, 15) is 0 Å². The quantitative estimate of drug-likeness (QED) is 0.592. The van der Waals surface area contributed by atoms with Crippen LogP contribution >= 0.6 is 0 Å². The summed E-state index contributed by atoms with van der Waals surface area (Å²) >= 11 is 0. The van der Waals surface area contributed by atoms with Gasteiger partial charge in [0, 0.05) is 0 Å². The Balaban J connectivity index is 2.64. The van der Waals surface area contributed by atoms with E-state index < -0.39 is 0 Å². The van der Waals surface area contributed by atoms with E-state index in [-0.39, 0.29) is 0 Å². The standard InChI is InChI=1S/C15H30/c1-6-15(11-9-12(2)3)10-7-8-13(4)14(15)5/h12-14H,6-11H2,1-5H3. The van der Waals surface area contributed by atoms with Crippen LogP contribution in [0, 0.1) is 23.2 Å². The van der Waals surface area contributed by atoms with E-state index in [0.717, 1.165) is 17.8 Å². The molecule has 0 N–H and O–H groups in total. The molecule has 0 heterocycles. The molecule has 1 saturated carbocycles. The zero-order chi connectivity index (χ0) is 11.5. The van der Waals surface area contributed by atoms with Gasteiger partial charge in [-0.2, -0.15) is 0 Å². The summed E-state index contributed by atoms with van der Waals surface area (Å²) in [6.45, 7) is 12.1. The molecule has 0 saturated heterocycles. The Kier molecular flexibility index (Phi) is 4.67. The third kappa shape index (κ3) is 2.98. The molecule has 0 aromatic carbocycles. The molecule has 0 bridgehead atoms. The van der Waals surface area contributed by atoms with Gasteiger partial charge in [-0.25, -0.2) is 0 Å². The van der Waals surface area contributed by atoms with E-state index in [4.69, 9.17) is 0 Å². The highest BCUT2D eigenvalue weighted by Crippen LogP contribution is 2.49. The lowest BCUT2D eigenvalue weighted by atomic mass is 9.59. The van der Waals surface area contributed by atoms with Crippen LogP contribution in [0.5, 0.6) is 0 Å². The molecule has 90 valence electrons. The summed E-state index contributed by atoms with van der Waals surface area (Å²) in [7, 11) is 0. The highest BCUT2D eigenvalue weighted by Gasteiger charge is 2.39. The van der Waals surface area contributed by atoms with Crippen molar-refractivity contribution in [3.8, 4) is 0 Å². The molecule has 0 heteroatoms. The molecule has 1 aliphatic rings. The van der Waals surface area contributed by atoms with Crippen molar-refractivity contribution < 1.29 is 0 Å². The molecular weight excluding hydrogens is 180 g/mol. The van der Waals surface area contributed by atoms with Gasteiger partial charge in [-0.1, -0.05) is 60.3 Å². The van der Waals surface area contributed by atoms with Gasteiger partial charge in [0.25, 0.3) is 0 Å². The smallest absolute Gasteiger partial charge is 0.0272 e. The summed E-state index contributed by atoms with van der Waals surface area (Å²) < 4.78 is 0. The molecule has 1 rings (SSSR count). The number of hydrogen-bond acceptors (Lipinski definition) is 0. The van der Waals surface area contributed by atoms with Crippen LogP contribution in [0.1, 0.15) is 73.1 Å². The Hall–Kier alpha value is 0. The summed E-state index contributed by atoms with van der Waals surface area (Å²) in [5.74, 6) is 2.76. The van der Waals surface area contributed by atoms with Gasteiger partial charge >= 0.3 is 0 Å². The van der Waals surface area contributed by atoms with Crippen LogP contribution in [0.3, 0.4) is 0 Å². The molecule has 0 spiro atoms. The molecule has 1 fully saturated rings. The van der Waals surface area contributed by atoms with E-state index in [2.05, 4.69) is 34.6 Å². The summed E-state index contributed by atoms with van der Waals surface area (Å²) in [4.78, 5) is 0. The van der Waals surface area contributed by atoms with Crippen molar-refractivity contribution in [1.82, 2.24) is 0 Å². The molecule has 0 amide bonds. The maximum atomic E-state index is 2.51. The van der Waals surface area contributed by atoms with Crippen LogP contribution in [0.25, 0.3) is 0 Å². The second-order valence-corrected chi connectivity index (χ2v) is 6.31. The minimum atomic E-state index is 0.682. The monoisotopic (exact) mass is 210 g/mol. The van der Waals surface area contributed by atoms with Gasteiger partial charge in [-0.3, -0.25) is 0 Å². The number of rotatable bonds is 4.